The Balaban J connectivity index is 2.08. The molecule has 0 spiro atoms. The highest BCUT2D eigenvalue weighted by Gasteiger charge is 2.28. The van der Waals surface area contributed by atoms with Gasteiger partial charge in [-0.25, -0.2) is 8.78 Å². The van der Waals surface area contributed by atoms with Crippen LogP contribution in [0.1, 0.15) is 20.3 Å². The number of halogens is 2. The van der Waals surface area contributed by atoms with Crippen LogP contribution in [0.5, 0.6) is 0 Å². The Morgan fingerprint density at radius 2 is 1.78 bits per heavy atom. The third-order valence-electron chi connectivity index (χ3n) is 3.82. The number of piperidine rings is 1. The molecule has 0 aliphatic carbocycles. The van der Waals surface area contributed by atoms with Gasteiger partial charge in [-0.2, -0.15) is 0 Å². The predicted molar refractivity (Wildman–Crippen MR) is 69.6 cm³/mol. The van der Waals surface area contributed by atoms with Gasteiger partial charge in [0.15, 0.2) is 0 Å². The highest BCUT2D eigenvalue weighted by atomic mass is 19.1. The zero-order chi connectivity index (χ0) is 13.3. The highest BCUT2D eigenvalue weighted by Crippen LogP contribution is 2.25. The number of likely N-dealkylation sites (tertiary alicyclic amines) is 1. The van der Waals surface area contributed by atoms with Gasteiger partial charge in [-0.05, 0) is 38.4 Å². The van der Waals surface area contributed by atoms with E-state index in [4.69, 9.17) is 0 Å². The average molecular weight is 254 g/mol. The molecule has 2 nitrogen and oxygen atoms in total. The van der Waals surface area contributed by atoms with Crippen LogP contribution in [0.3, 0.4) is 0 Å². The van der Waals surface area contributed by atoms with Gasteiger partial charge in [-0.3, -0.25) is 0 Å². The van der Waals surface area contributed by atoms with Crippen molar-refractivity contribution in [1.29, 1.82) is 0 Å². The van der Waals surface area contributed by atoms with Gasteiger partial charge < -0.3 is 10.2 Å². The van der Waals surface area contributed by atoms with Gasteiger partial charge in [0.1, 0.15) is 11.6 Å². The molecule has 1 heterocycles. The minimum absolute atomic E-state index is 0.261. The quantitative estimate of drug-likeness (QED) is 0.872. The smallest absolute Gasteiger partial charge is 0.128 e. The van der Waals surface area contributed by atoms with Crippen molar-refractivity contribution >= 4 is 5.69 Å². The Hall–Kier alpha value is -1.16. The molecule has 1 N–H and O–H groups in total. The van der Waals surface area contributed by atoms with E-state index in [2.05, 4.69) is 31.1 Å². The number of benzene rings is 1. The van der Waals surface area contributed by atoms with Crippen molar-refractivity contribution in [2.24, 2.45) is 5.92 Å². The Bertz CT molecular complexity index is 402. The summed E-state index contributed by atoms with van der Waals surface area (Å²) >= 11 is 0. The third-order valence-corrected chi connectivity index (χ3v) is 3.82. The largest absolute Gasteiger partial charge is 0.382 e. The number of nitrogens with zero attached hydrogens (tertiary/aromatic N) is 1. The van der Waals surface area contributed by atoms with Gasteiger partial charge in [-0.15, -0.1) is 0 Å². The zero-order valence-corrected chi connectivity index (χ0v) is 11.1. The van der Waals surface area contributed by atoms with Crippen LogP contribution in [0.15, 0.2) is 18.2 Å². The van der Waals surface area contributed by atoms with E-state index in [0.29, 0.717) is 17.6 Å². The molecule has 0 saturated carbocycles. The summed E-state index contributed by atoms with van der Waals surface area (Å²) in [6.07, 6.45) is 0.982. The lowest BCUT2D eigenvalue weighted by Crippen LogP contribution is -2.48. The molecule has 3 unspecified atom stereocenters. The van der Waals surface area contributed by atoms with Crippen LogP contribution in [-0.2, 0) is 0 Å². The molecule has 1 aromatic rings. The molecule has 100 valence electrons. The highest BCUT2D eigenvalue weighted by molar-refractivity contribution is 5.44. The fraction of sp³-hybridized carbons (Fsp3) is 0.571. The molecule has 0 aromatic heterocycles. The second kappa shape index (κ2) is 5.22. The first kappa shape index (κ1) is 13.3. The summed E-state index contributed by atoms with van der Waals surface area (Å²) in [6.45, 7) is 5.33. The molecule has 3 atom stereocenters. The summed E-state index contributed by atoms with van der Waals surface area (Å²) in [5.41, 5.74) is 0.529. The van der Waals surface area contributed by atoms with E-state index in [1.165, 1.54) is 12.1 Å². The van der Waals surface area contributed by atoms with Crippen LogP contribution in [0, 0.1) is 17.6 Å². The zero-order valence-electron chi connectivity index (χ0n) is 11.1. The Morgan fingerprint density at radius 3 is 2.39 bits per heavy atom. The van der Waals surface area contributed by atoms with Crippen molar-refractivity contribution in [1.82, 2.24) is 4.90 Å². The Kier molecular flexibility index (Phi) is 3.85. The molecule has 1 aliphatic heterocycles. The fourth-order valence-electron chi connectivity index (χ4n) is 2.59. The van der Waals surface area contributed by atoms with Crippen molar-refractivity contribution in [3.05, 3.63) is 29.8 Å². The minimum atomic E-state index is -0.536. The van der Waals surface area contributed by atoms with Crippen molar-refractivity contribution in [3.63, 3.8) is 0 Å². The van der Waals surface area contributed by atoms with Gasteiger partial charge in [0, 0.05) is 30.4 Å². The standard InChI is InChI=1S/C14H20F2N2/c1-9-8-18(3)10(2)4-14(9)17-13-6-11(15)5-12(16)7-13/h5-7,9-10,14,17H,4,8H2,1-3H3. The first-order valence-corrected chi connectivity index (χ1v) is 6.38. The molecule has 18 heavy (non-hydrogen) atoms. The van der Waals surface area contributed by atoms with Crippen molar-refractivity contribution in [3.8, 4) is 0 Å². The van der Waals surface area contributed by atoms with Gasteiger partial charge in [0.05, 0.1) is 0 Å². The van der Waals surface area contributed by atoms with Crippen molar-refractivity contribution < 1.29 is 8.78 Å². The molecule has 2 rings (SSSR count). The lowest BCUT2D eigenvalue weighted by molar-refractivity contribution is 0.145. The van der Waals surface area contributed by atoms with Gasteiger partial charge in [-0.1, -0.05) is 6.92 Å². The topological polar surface area (TPSA) is 15.3 Å². The van der Waals surface area contributed by atoms with Crippen LogP contribution in [0.4, 0.5) is 14.5 Å². The van der Waals surface area contributed by atoms with Crippen molar-refractivity contribution in [2.75, 3.05) is 18.9 Å². The van der Waals surface area contributed by atoms with Gasteiger partial charge in [0.25, 0.3) is 0 Å². The minimum Gasteiger partial charge on any atom is -0.382 e. The predicted octanol–water partition coefficient (Wildman–Crippen LogP) is 3.11. The first-order chi connectivity index (χ1) is 8.45. The summed E-state index contributed by atoms with van der Waals surface area (Å²) in [7, 11) is 2.11. The molecular formula is C14H20F2N2. The Morgan fingerprint density at radius 1 is 1.17 bits per heavy atom. The summed E-state index contributed by atoms with van der Waals surface area (Å²) in [5.74, 6) is -0.616. The van der Waals surface area contributed by atoms with E-state index in [0.717, 1.165) is 19.0 Å². The number of anilines is 1. The van der Waals surface area contributed by atoms with E-state index in [1.54, 1.807) is 0 Å². The first-order valence-electron chi connectivity index (χ1n) is 6.38. The van der Waals surface area contributed by atoms with E-state index in [-0.39, 0.29) is 6.04 Å². The van der Waals surface area contributed by atoms with E-state index >= 15 is 0 Å². The maximum absolute atomic E-state index is 13.1. The monoisotopic (exact) mass is 254 g/mol. The normalized spacial score (nSPS) is 29.3. The van der Waals surface area contributed by atoms with Crippen LogP contribution >= 0.6 is 0 Å². The molecule has 0 amide bonds. The second-order valence-electron chi connectivity index (χ2n) is 5.41. The number of hydrogen-bond donors (Lipinski definition) is 1. The van der Waals surface area contributed by atoms with Crippen molar-refractivity contribution in [2.45, 2.75) is 32.4 Å². The summed E-state index contributed by atoms with van der Waals surface area (Å²) in [6, 6.07) is 4.33. The van der Waals surface area contributed by atoms with Crippen LogP contribution in [0.25, 0.3) is 0 Å². The maximum atomic E-state index is 13.1. The molecule has 1 fully saturated rings. The number of nitrogens with one attached hydrogen (secondary N) is 1. The molecule has 1 aromatic carbocycles. The molecular weight excluding hydrogens is 234 g/mol. The molecule has 0 bridgehead atoms. The SMILES string of the molecule is CC1CN(C)C(C)CC1Nc1cc(F)cc(F)c1. The van der Waals surface area contributed by atoms with E-state index in [9.17, 15) is 8.78 Å². The van der Waals surface area contributed by atoms with Crippen LogP contribution in [-0.4, -0.2) is 30.6 Å². The number of hydrogen-bond acceptors (Lipinski definition) is 2. The summed E-state index contributed by atoms with van der Waals surface area (Å²) < 4.78 is 26.3. The van der Waals surface area contributed by atoms with Crippen LogP contribution in [0.2, 0.25) is 0 Å². The number of rotatable bonds is 2. The molecule has 1 aliphatic rings. The molecule has 1 saturated heterocycles. The third kappa shape index (κ3) is 2.99. The van der Waals surface area contributed by atoms with Gasteiger partial charge in [0.2, 0.25) is 0 Å². The average Bonchev–Trinajstić information content (AvgIpc) is 2.24. The molecule has 0 radical (unpaired) electrons. The van der Waals surface area contributed by atoms with Gasteiger partial charge >= 0.3 is 0 Å². The Labute approximate surface area is 107 Å². The van der Waals surface area contributed by atoms with E-state index in [1.807, 2.05) is 0 Å². The maximum Gasteiger partial charge on any atom is 0.128 e. The lowest BCUT2D eigenvalue weighted by Gasteiger charge is -2.40. The summed E-state index contributed by atoms with van der Waals surface area (Å²) in [4.78, 5) is 2.31. The summed E-state index contributed by atoms with van der Waals surface area (Å²) in [5, 5.41) is 3.26. The fourth-order valence-corrected chi connectivity index (χ4v) is 2.59. The lowest BCUT2D eigenvalue weighted by atomic mass is 9.89. The van der Waals surface area contributed by atoms with Crippen LogP contribution < -0.4 is 5.32 Å². The molecule has 4 heteroatoms. The van der Waals surface area contributed by atoms with E-state index < -0.39 is 11.6 Å². The second-order valence-corrected chi connectivity index (χ2v) is 5.41.